The van der Waals surface area contributed by atoms with Crippen LogP contribution in [0, 0.1) is 0 Å². The zero-order valence-corrected chi connectivity index (χ0v) is 17.4. The Morgan fingerprint density at radius 1 is 1.11 bits per heavy atom. The molecule has 0 unspecified atom stereocenters. The van der Waals surface area contributed by atoms with Gasteiger partial charge in [0, 0.05) is 39.3 Å². The van der Waals surface area contributed by atoms with Crippen LogP contribution in [0.5, 0.6) is 0 Å². The summed E-state index contributed by atoms with van der Waals surface area (Å²) in [7, 11) is 0. The van der Waals surface area contributed by atoms with E-state index in [1.54, 1.807) is 0 Å². The van der Waals surface area contributed by atoms with Gasteiger partial charge in [-0.25, -0.2) is 4.99 Å². The summed E-state index contributed by atoms with van der Waals surface area (Å²) in [5.41, 5.74) is 2.34. The van der Waals surface area contributed by atoms with E-state index in [1.165, 1.54) is 5.56 Å². The Labute approximate surface area is 169 Å². The zero-order chi connectivity index (χ0) is 19.9. The molecule has 7 heteroatoms. The lowest BCUT2D eigenvalue weighted by atomic mass is 10.1. The molecule has 1 saturated heterocycles. The van der Waals surface area contributed by atoms with Gasteiger partial charge >= 0.3 is 0 Å². The van der Waals surface area contributed by atoms with E-state index >= 15 is 0 Å². The van der Waals surface area contributed by atoms with Gasteiger partial charge < -0.3 is 24.8 Å². The van der Waals surface area contributed by atoms with Gasteiger partial charge in [0.15, 0.2) is 5.96 Å². The summed E-state index contributed by atoms with van der Waals surface area (Å²) in [6.45, 7) is 13.7. The molecule has 1 aromatic rings. The second kappa shape index (κ2) is 14.3. The number of nitrogens with one attached hydrogen (secondary N) is 2. The summed E-state index contributed by atoms with van der Waals surface area (Å²) in [6, 6.07) is 8.40. The number of guanidine groups is 1. The molecule has 0 spiro atoms. The molecule has 1 heterocycles. The van der Waals surface area contributed by atoms with E-state index in [-0.39, 0.29) is 0 Å². The Bertz CT molecular complexity index is 562. The van der Waals surface area contributed by atoms with Gasteiger partial charge in [0.2, 0.25) is 0 Å². The van der Waals surface area contributed by atoms with E-state index in [2.05, 4.69) is 46.7 Å². The third kappa shape index (κ3) is 9.50. The van der Waals surface area contributed by atoms with Crippen LogP contribution in [0.2, 0.25) is 0 Å². The van der Waals surface area contributed by atoms with Crippen molar-refractivity contribution in [3.05, 3.63) is 35.4 Å². The first kappa shape index (κ1) is 22.6. The van der Waals surface area contributed by atoms with Gasteiger partial charge in [-0.1, -0.05) is 24.3 Å². The molecular weight excluding hydrogens is 356 g/mol. The first-order chi connectivity index (χ1) is 13.8. The molecule has 0 atom stereocenters. The third-order valence-corrected chi connectivity index (χ3v) is 4.42. The summed E-state index contributed by atoms with van der Waals surface area (Å²) in [6.07, 6.45) is 0. The summed E-state index contributed by atoms with van der Waals surface area (Å²) in [4.78, 5) is 7.13. The maximum Gasteiger partial charge on any atom is 0.191 e. The van der Waals surface area contributed by atoms with Gasteiger partial charge in [-0.05, 0) is 25.0 Å². The quantitative estimate of drug-likeness (QED) is 0.320. The standard InChI is InChI=1S/C21H36N4O3/c1-3-22-21(23-8-9-25-10-12-27-13-11-25)24-17-19-6-5-7-20(16-19)18-28-15-14-26-4-2/h5-7,16H,3-4,8-15,17-18H2,1-2H3,(H2,22,23,24). The van der Waals surface area contributed by atoms with E-state index in [0.29, 0.717) is 26.4 Å². The Balaban J connectivity index is 1.76. The highest BCUT2D eigenvalue weighted by atomic mass is 16.5. The topological polar surface area (TPSA) is 67.4 Å². The molecule has 7 nitrogen and oxygen atoms in total. The predicted molar refractivity (Wildman–Crippen MR) is 113 cm³/mol. The van der Waals surface area contributed by atoms with Gasteiger partial charge in [-0.15, -0.1) is 0 Å². The molecule has 2 N–H and O–H groups in total. The summed E-state index contributed by atoms with van der Waals surface area (Å²) in [5.74, 6) is 0.856. The van der Waals surface area contributed by atoms with E-state index < -0.39 is 0 Å². The van der Waals surface area contributed by atoms with Crippen molar-refractivity contribution in [3.8, 4) is 0 Å². The molecule has 0 aromatic heterocycles. The fraction of sp³-hybridized carbons (Fsp3) is 0.667. The van der Waals surface area contributed by atoms with Crippen LogP contribution in [0.3, 0.4) is 0 Å². The van der Waals surface area contributed by atoms with Crippen LogP contribution >= 0.6 is 0 Å². The van der Waals surface area contributed by atoms with Crippen molar-refractivity contribution in [3.63, 3.8) is 0 Å². The number of nitrogens with zero attached hydrogens (tertiary/aromatic N) is 2. The molecule has 1 aromatic carbocycles. The molecule has 28 heavy (non-hydrogen) atoms. The number of rotatable bonds is 12. The van der Waals surface area contributed by atoms with Crippen molar-refractivity contribution in [2.45, 2.75) is 27.0 Å². The van der Waals surface area contributed by atoms with Crippen molar-refractivity contribution >= 4 is 5.96 Å². The van der Waals surface area contributed by atoms with E-state index in [4.69, 9.17) is 19.2 Å². The molecule has 1 aliphatic heterocycles. The smallest absolute Gasteiger partial charge is 0.191 e. The Kier molecular flexibility index (Phi) is 11.6. The minimum Gasteiger partial charge on any atom is -0.379 e. The molecule has 0 amide bonds. The molecule has 0 bridgehead atoms. The number of benzene rings is 1. The Morgan fingerprint density at radius 2 is 1.89 bits per heavy atom. The average molecular weight is 393 g/mol. The normalized spacial score (nSPS) is 15.6. The molecule has 2 rings (SSSR count). The summed E-state index contributed by atoms with van der Waals surface area (Å²) < 4.78 is 16.3. The van der Waals surface area contributed by atoms with Crippen molar-refractivity contribution in [1.82, 2.24) is 15.5 Å². The minimum absolute atomic E-state index is 0.600. The van der Waals surface area contributed by atoms with Crippen LogP contribution in [0.15, 0.2) is 29.3 Å². The number of hydrogen-bond donors (Lipinski definition) is 2. The lowest BCUT2D eigenvalue weighted by Gasteiger charge is -2.26. The van der Waals surface area contributed by atoms with Gasteiger partial charge in [-0.2, -0.15) is 0 Å². The second-order valence-electron chi connectivity index (χ2n) is 6.65. The van der Waals surface area contributed by atoms with Crippen molar-refractivity contribution in [1.29, 1.82) is 0 Å². The molecule has 0 saturated carbocycles. The van der Waals surface area contributed by atoms with Crippen LogP contribution in [0.1, 0.15) is 25.0 Å². The monoisotopic (exact) mass is 392 g/mol. The first-order valence-electron chi connectivity index (χ1n) is 10.4. The predicted octanol–water partition coefficient (Wildman–Crippen LogP) is 1.63. The van der Waals surface area contributed by atoms with Crippen LogP contribution < -0.4 is 10.6 Å². The van der Waals surface area contributed by atoms with Gasteiger partial charge in [0.25, 0.3) is 0 Å². The molecule has 1 fully saturated rings. The van der Waals surface area contributed by atoms with Crippen LogP contribution in [-0.4, -0.2) is 76.6 Å². The van der Waals surface area contributed by atoms with Crippen LogP contribution in [0.4, 0.5) is 0 Å². The maximum absolute atomic E-state index is 5.65. The van der Waals surface area contributed by atoms with E-state index in [1.807, 2.05) is 6.92 Å². The lowest BCUT2D eigenvalue weighted by Crippen LogP contribution is -2.44. The van der Waals surface area contributed by atoms with Crippen molar-refractivity contribution in [2.75, 3.05) is 65.8 Å². The average Bonchev–Trinajstić information content (AvgIpc) is 2.73. The maximum atomic E-state index is 5.65. The number of ether oxygens (including phenoxy) is 3. The fourth-order valence-electron chi connectivity index (χ4n) is 2.94. The van der Waals surface area contributed by atoms with E-state index in [0.717, 1.165) is 64.1 Å². The zero-order valence-electron chi connectivity index (χ0n) is 17.4. The van der Waals surface area contributed by atoms with Gasteiger partial charge in [-0.3, -0.25) is 4.90 Å². The first-order valence-corrected chi connectivity index (χ1v) is 10.4. The van der Waals surface area contributed by atoms with Crippen LogP contribution in [0.25, 0.3) is 0 Å². The SMILES string of the molecule is CCNC(=NCc1cccc(COCCOCC)c1)NCCN1CCOCC1. The third-order valence-electron chi connectivity index (χ3n) is 4.42. The number of morpholine rings is 1. The number of hydrogen-bond acceptors (Lipinski definition) is 5. The van der Waals surface area contributed by atoms with Crippen molar-refractivity contribution in [2.24, 2.45) is 4.99 Å². The van der Waals surface area contributed by atoms with Crippen molar-refractivity contribution < 1.29 is 14.2 Å². The minimum atomic E-state index is 0.600. The largest absolute Gasteiger partial charge is 0.379 e. The highest BCUT2D eigenvalue weighted by Crippen LogP contribution is 2.08. The van der Waals surface area contributed by atoms with Gasteiger partial charge in [0.1, 0.15) is 0 Å². The Hall–Kier alpha value is -1.67. The molecule has 0 aliphatic carbocycles. The molecule has 0 radical (unpaired) electrons. The fourth-order valence-corrected chi connectivity index (χ4v) is 2.94. The second-order valence-corrected chi connectivity index (χ2v) is 6.65. The molecular formula is C21H36N4O3. The highest BCUT2D eigenvalue weighted by Gasteiger charge is 2.09. The molecule has 1 aliphatic rings. The van der Waals surface area contributed by atoms with E-state index in [9.17, 15) is 0 Å². The Morgan fingerprint density at radius 3 is 2.68 bits per heavy atom. The summed E-state index contributed by atoms with van der Waals surface area (Å²) in [5, 5.41) is 6.74. The summed E-state index contributed by atoms with van der Waals surface area (Å²) >= 11 is 0. The molecule has 158 valence electrons. The highest BCUT2D eigenvalue weighted by molar-refractivity contribution is 5.79. The van der Waals surface area contributed by atoms with Gasteiger partial charge in [0.05, 0.1) is 39.6 Å². The van der Waals surface area contributed by atoms with Crippen LogP contribution in [-0.2, 0) is 27.4 Å². The number of aliphatic imine (C=N–C) groups is 1. The lowest BCUT2D eigenvalue weighted by molar-refractivity contribution is 0.0389.